The van der Waals surface area contributed by atoms with Crippen molar-refractivity contribution in [3.05, 3.63) is 21.0 Å². The predicted octanol–water partition coefficient (Wildman–Crippen LogP) is 2.38. The molecule has 6 heteroatoms. The topological polar surface area (TPSA) is 67.2 Å². The number of rotatable bonds is 9. The van der Waals surface area contributed by atoms with Crippen molar-refractivity contribution in [3.8, 4) is 0 Å². The molecule has 1 aromatic rings. The van der Waals surface area contributed by atoms with Crippen molar-refractivity contribution in [1.82, 2.24) is 9.78 Å². The van der Waals surface area contributed by atoms with E-state index in [1.807, 2.05) is 0 Å². The van der Waals surface area contributed by atoms with Gasteiger partial charge in [0, 0.05) is 19.7 Å². The van der Waals surface area contributed by atoms with Crippen LogP contribution in [-0.4, -0.2) is 28.0 Å². The number of hydrogen-bond donors (Lipinski definition) is 2. The van der Waals surface area contributed by atoms with Gasteiger partial charge in [-0.2, -0.15) is 5.10 Å². The van der Waals surface area contributed by atoms with Gasteiger partial charge in [0.25, 0.3) is 5.56 Å². The first-order valence-electron chi connectivity index (χ1n) is 6.81. The number of aryl methyl sites for hydroxylation is 1. The molecule has 0 spiro atoms. The van der Waals surface area contributed by atoms with Crippen LogP contribution in [0.4, 0.5) is 5.69 Å². The summed E-state index contributed by atoms with van der Waals surface area (Å²) in [4.78, 5) is 12.0. The number of aromatic nitrogens is 2. The summed E-state index contributed by atoms with van der Waals surface area (Å²) in [5.74, 6) is 0. The van der Waals surface area contributed by atoms with Crippen LogP contribution < -0.4 is 10.9 Å². The maximum Gasteiger partial charge on any atom is 0.283 e. The Morgan fingerprint density at radius 1 is 1.37 bits per heavy atom. The monoisotopic (exact) mass is 331 g/mol. The Morgan fingerprint density at radius 2 is 2.16 bits per heavy atom. The van der Waals surface area contributed by atoms with Crippen molar-refractivity contribution in [3.63, 3.8) is 0 Å². The van der Waals surface area contributed by atoms with Crippen molar-refractivity contribution in [2.24, 2.45) is 0 Å². The quantitative estimate of drug-likeness (QED) is 0.682. The second-order valence-corrected chi connectivity index (χ2v) is 5.26. The van der Waals surface area contributed by atoms with E-state index in [0.717, 1.165) is 44.3 Å². The number of unbranched alkanes of at least 4 members (excludes halogenated alkanes) is 3. The minimum atomic E-state index is -0.0891. The lowest BCUT2D eigenvalue weighted by Crippen LogP contribution is -2.24. The van der Waals surface area contributed by atoms with E-state index in [0.29, 0.717) is 11.0 Å². The number of nitrogens with one attached hydrogen (secondary N) is 1. The molecule has 2 N–H and O–H groups in total. The highest BCUT2D eigenvalue weighted by Crippen LogP contribution is 2.16. The van der Waals surface area contributed by atoms with Gasteiger partial charge in [0.15, 0.2) is 0 Å². The molecule has 0 radical (unpaired) electrons. The van der Waals surface area contributed by atoms with Gasteiger partial charge in [-0.3, -0.25) is 4.79 Å². The molecule has 0 saturated heterocycles. The van der Waals surface area contributed by atoms with Gasteiger partial charge < -0.3 is 10.4 Å². The zero-order valence-corrected chi connectivity index (χ0v) is 12.9. The summed E-state index contributed by atoms with van der Waals surface area (Å²) >= 11 is 3.33. The number of nitrogens with zero attached hydrogens (tertiary/aromatic N) is 2. The summed E-state index contributed by atoms with van der Waals surface area (Å²) in [7, 11) is 0. The zero-order valence-electron chi connectivity index (χ0n) is 11.4. The van der Waals surface area contributed by atoms with E-state index >= 15 is 0 Å². The summed E-state index contributed by atoms with van der Waals surface area (Å²) in [6.07, 6.45) is 6.44. The fourth-order valence-electron chi connectivity index (χ4n) is 1.69. The summed E-state index contributed by atoms with van der Waals surface area (Å²) in [6, 6.07) is 0. The molecule has 5 nitrogen and oxygen atoms in total. The van der Waals surface area contributed by atoms with Crippen LogP contribution in [0.25, 0.3) is 0 Å². The van der Waals surface area contributed by atoms with Gasteiger partial charge in [-0.15, -0.1) is 0 Å². The maximum atomic E-state index is 12.0. The molecule has 0 atom stereocenters. The smallest absolute Gasteiger partial charge is 0.283 e. The molecule has 1 aromatic heterocycles. The fraction of sp³-hybridized carbons (Fsp3) is 0.692. The van der Waals surface area contributed by atoms with Crippen molar-refractivity contribution in [2.45, 2.75) is 45.6 Å². The van der Waals surface area contributed by atoms with Crippen molar-refractivity contribution >= 4 is 21.6 Å². The number of halogens is 1. The van der Waals surface area contributed by atoms with E-state index in [-0.39, 0.29) is 12.2 Å². The molecular weight excluding hydrogens is 310 g/mol. The van der Waals surface area contributed by atoms with E-state index in [4.69, 9.17) is 5.11 Å². The first-order valence-corrected chi connectivity index (χ1v) is 7.60. The van der Waals surface area contributed by atoms with Gasteiger partial charge in [-0.05, 0) is 41.6 Å². The molecule has 0 aromatic carbocycles. The number of aliphatic hydroxyl groups is 1. The number of hydrogen-bond acceptors (Lipinski definition) is 4. The van der Waals surface area contributed by atoms with Gasteiger partial charge in [0.05, 0.1) is 11.9 Å². The lowest BCUT2D eigenvalue weighted by atomic mass is 10.2. The second-order valence-electron chi connectivity index (χ2n) is 4.47. The van der Waals surface area contributed by atoms with Crippen LogP contribution in [0.15, 0.2) is 15.5 Å². The molecule has 0 bridgehead atoms. The molecule has 1 heterocycles. The van der Waals surface area contributed by atoms with E-state index in [1.165, 1.54) is 4.68 Å². The first-order chi connectivity index (χ1) is 9.20. The van der Waals surface area contributed by atoms with Crippen molar-refractivity contribution < 1.29 is 5.11 Å². The third kappa shape index (κ3) is 5.32. The highest BCUT2D eigenvalue weighted by molar-refractivity contribution is 9.10. The molecule has 0 fully saturated rings. The van der Waals surface area contributed by atoms with Gasteiger partial charge in [0.1, 0.15) is 4.47 Å². The van der Waals surface area contributed by atoms with Gasteiger partial charge in [-0.25, -0.2) is 4.68 Å². The molecule has 0 saturated carbocycles. The average molecular weight is 332 g/mol. The number of aliphatic hydroxyl groups excluding tert-OH is 1. The zero-order chi connectivity index (χ0) is 14.1. The molecule has 0 unspecified atom stereocenters. The molecule has 108 valence electrons. The number of anilines is 1. The lowest BCUT2D eigenvalue weighted by Gasteiger charge is -2.10. The molecule has 0 aliphatic rings. The van der Waals surface area contributed by atoms with Crippen LogP contribution in [0, 0.1) is 0 Å². The Balaban J connectivity index is 2.56. The third-order valence-corrected chi connectivity index (χ3v) is 3.63. The van der Waals surface area contributed by atoms with Crippen molar-refractivity contribution in [2.75, 3.05) is 18.5 Å². The summed E-state index contributed by atoms with van der Waals surface area (Å²) in [5, 5.41) is 16.0. The van der Waals surface area contributed by atoms with Crippen LogP contribution in [0.1, 0.15) is 39.0 Å². The summed E-state index contributed by atoms with van der Waals surface area (Å²) < 4.78 is 2.03. The minimum absolute atomic E-state index is 0.0891. The maximum absolute atomic E-state index is 12.0. The Morgan fingerprint density at radius 3 is 2.84 bits per heavy atom. The lowest BCUT2D eigenvalue weighted by molar-refractivity contribution is 0.283. The Hall–Kier alpha value is -0.880. The largest absolute Gasteiger partial charge is 0.396 e. The van der Waals surface area contributed by atoms with E-state index in [2.05, 4.69) is 33.3 Å². The van der Waals surface area contributed by atoms with Crippen LogP contribution in [0.5, 0.6) is 0 Å². The van der Waals surface area contributed by atoms with Gasteiger partial charge in [0.2, 0.25) is 0 Å². The molecule has 1 rings (SSSR count). The Labute approximate surface area is 122 Å². The first kappa shape index (κ1) is 16.2. The molecule has 0 aliphatic carbocycles. The highest BCUT2D eigenvalue weighted by Gasteiger charge is 2.07. The Bertz CT molecular complexity index is 434. The fourth-order valence-corrected chi connectivity index (χ4v) is 2.14. The van der Waals surface area contributed by atoms with E-state index in [1.54, 1.807) is 6.20 Å². The van der Waals surface area contributed by atoms with Crippen molar-refractivity contribution in [1.29, 1.82) is 0 Å². The minimum Gasteiger partial charge on any atom is -0.396 e. The van der Waals surface area contributed by atoms with Gasteiger partial charge >= 0.3 is 0 Å². The average Bonchev–Trinajstić information content (AvgIpc) is 2.42. The predicted molar refractivity (Wildman–Crippen MR) is 80.5 cm³/mol. The normalized spacial score (nSPS) is 10.7. The third-order valence-electron chi connectivity index (χ3n) is 2.86. The second kappa shape index (κ2) is 9.09. The standard InChI is InChI=1S/C13H22BrN3O2/c1-2-3-8-17-13(19)12(14)11(10-16-17)15-7-5-4-6-9-18/h10,15,18H,2-9H2,1H3. The SMILES string of the molecule is CCCCn1ncc(NCCCCCO)c(Br)c1=O. The van der Waals surface area contributed by atoms with Crippen LogP contribution in [0.2, 0.25) is 0 Å². The van der Waals surface area contributed by atoms with E-state index in [9.17, 15) is 4.79 Å². The molecular formula is C13H22BrN3O2. The summed E-state index contributed by atoms with van der Waals surface area (Å²) in [5.41, 5.74) is 0.649. The molecule has 19 heavy (non-hydrogen) atoms. The van der Waals surface area contributed by atoms with Crippen LogP contribution in [-0.2, 0) is 6.54 Å². The summed E-state index contributed by atoms with van der Waals surface area (Å²) in [6.45, 7) is 3.75. The Kier molecular flexibility index (Phi) is 7.74. The molecule has 0 aliphatic heterocycles. The van der Waals surface area contributed by atoms with Crippen LogP contribution >= 0.6 is 15.9 Å². The van der Waals surface area contributed by atoms with E-state index < -0.39 is 0 Å². The molecule has 0 amide bonds. The van der Waals surface area contributed by atoms with Gasteiger partial charge in [-0.1, -0.05) is 13.3 Å². The van der Waals surface area contributed by atoms with Crippen LogP contribution in [0.3, 0.4) is 0 Å². The highest BCUT2D eigenvalue weighted by atomic mass is 79.9.